The Kier molecular flexibility index (Phi) is 5.32. The monoisotopic (exact) mass is 397 g/mol. The van der Waals surface area contributed by atoms with Crippen LogP contribution in [0.25, 0.3) is 11.3 Å². The summed E-state index contributed by atoms with van der Waals surface area (Å²) in [5.41, 5.74) is 2.49. The molecule has 3 aromatic rings. The predicted octanol–water partition coefficient (Wildman–Crippen LogP) is 3.54. The van der Waals surface area contributed by atoms with Crippen molar-refractivity contribution < 1.29 is 14.3 Å². The molecule has 0 saturated heterocycles. The van der Waals surface area contributed by atoms with Crippen molar-refractivity contribution in [1.29, 1.82) is 0 Å². The van der Waals surface area contributed by atoms with E-state index >= 15 is 0 Å². The minimum Gasteiger partial charge on any atom is -0.497 e. The highest BCUT2D eigenvalue weighted by Gasteiger charge is 2.22. The number of fused-ring (bicyclic) bond motifs is 1. The van der Waals surface area contributed by atoms with Crippen LogP contribution in [0.4, 0.5) is 0 Å². The first-order chi connectivity index (χ1) is 13.6. The third kappa shape index (κ3) is 4.03. The third-order valence-electron chi connectivity index (χ3n) is 4.69. The first-order valence-corrected chi connectivity index (χ1v) is 9.36. The average molecular weight is 398 g/mol. The van der Waals surface area contributed by atoms with Gasteiger partial charge in [-0.3, -0.25) is 4.79 Å². The van der Waals surface area contributed by atoms with Crippen LogP contribution in [0.5, 0.6) is 5.75 Å². The zero-order valence-electron chi connectivity index (χ0n) is 15.4. The summed E-state index contributed by atoms with van der Waals surface area (Å²) in [5, 5.41) is 3.52. The van der Waals surface area contributed by atoms with Gasteiger partial charge in [0, 0.05) is 28.9 Å². The molecule has 2 heterocycles. The molecule has 28 heavy (non-hydrogen) atoms. The first kappa shape index (κ1) is 18.5. The lowest BCUT2D eigenvalue weighted by Gasteiger charge is -2.24. The van der Waals surface area contributed by atoms with Gasteiger partial charge >= 0.3 is 0 Å². The predicted molar refractivity (Wildman–Crippen MR) is 107 cm³/mol. The van der Waals surface area contributed by atoms with E-state index in [-0.39, 0.29) is 12.0 Å². The van der Waals surface area contributed by atoms with Crippen molar-refractivity contribution in [3.05, 3.63) is 71.1 Å². The molecule has 0 aliphatic carbocycles. The minimum absolute atomic E-state index is 0.110. The van der Waals surface area contributed by atoms with Gasteiger partial charge in [0.15, 0.2) is 0 Å². The van der Waals surface area contributed by atoms with Crippen molar-refractivity contribution in [1.82, 2.24) is 14.9 Å². The Morgan fingerprint density at radius 1 is 1.25 bits per heavy atom. The van der Waals surface area contributed by atoms with Gasteiger partial charge < -0.3 is 19.4 Å². The molecular weight excluding hydrogens is 378 g/mol. The lowest BCUT2D eigenvalue weighted by molar-refractivity contribution is 0.00327. The number of hydrogen-bond donors (Lipinski definition) is 1. The second-order valence-electron chi connectivity index (χ2n) is 6.57. The van der Waals surface area contributed by atoms with Crippen LogP contribution in [0.3, 0.4) is 0 Å². The third-order valence-corrected chi connectivity index (χ3v) is 4.94. The van der Waals surface area contributed by atoms with Crippen LogP contribution in [0, 0.1) is 0 Å². The highest BCUT2D eigenvalue weighted by molar-refractivity contribution is 6.30. The molecule has 1 aliphatic heterocycles. The number of nitrogens with zero attached hydrogens (tertiary/aromatic N) is 2. The smallest absolute Gasteiger partial charge is 0.251 e. The molecule has 0 saturated carbocycles. The molecule has 4 rings (SSSR count). The Labute approximate surface area is 168 Å². The molecule has 7 heteroatoms. The Hall–Kier alpha value is -2.83. The van der Waals surface area contributed by atoms with E-state index in [2.05, 4.69) is 14.9 Å². The van der Waals surface area contributed by atoms with Crippen LogP contribution < -0.4 is 10.1 Å². The highest BCUT2D eigenvalue weighted by atomic mass is 35.5. The van der Waals surface area contributed by atoms with Gasteiger partial charge in [0.25, 0.3) is 5.91 Å². The Morgan fingerprint density at radius 2 is 2.00 bits per heavy atom. The second-order valence-corrected chi connectivity index (χ2v) is 7.01. The van der Waals surface area contributed by atoms with Crippen molar-refractivity contribution in [3.8, 4) is 17.0 Å². The van der Waals surface area contributed by atoms with E-state index in [1.54, 1.807) is 31.4 Å². The molecule has 1 N–H and O–H groups in total. The number of nitrogens with one attached hydrogen (secondary N) is 1. The van der Waals surface area contributed by atoms with E-state index < -0.39 is 0 Å². The lowest BCUT2D eigenvalue weighted by atomic mass is 10.1. The number of halogens is 1. The molecular formula is C21H20ClN3O3. The van der Waals surface area contributed by atoms with E-state index in [4.69, 9.17) is 21.1 Å². The zero-order chi connectivity index (χ0) is 19.5. The Balaban J connectivity index is 1.38. The fourth-order valence-electron chi connectivity index (χ4n) is 3.13. The van der Waals surface area contributed by atoms with Crippen molar-refractivity contribution in [2.24, 2.45) is 0 Å². The van der Waals surface area contributed by atoms with Gasteiger partial charge in [0.05, 0.1) is 25.5 Å². The maximum absolute atomic E-state index is 12.2. The minimum atomic E-state index is -0.143. The van der Waals surface area contributed by atoms with E-state index in [0.29, 0.717) is 30.3 Å². The van der Waals surface area contributed by atoms with Crippen LogP contribution >= 0.6 is 11.6 Å². The molecule has 0 fully saturated rings. The number of rotatable bonds is 5. The molecule has 1 aromatic heterocycles. The number of imidazole rings is 1. The fourth-order valence-corrected chi connectivity index (χ4v) is 3.25. The van der Waals surface area contributed by atoms with Crippen molar-refractivity contribution >= 4 is 17.5 Å². The van der Waals surface area contributed by atoms with Crippen molar-refractivity contribution in [3.63, 3.8) is 0 Å². The summed E-state index contributed by atoms with van der Waals surface area (Å²) < 4.78 is 13.1. The molecule has 6 nitrogen and oxygen atoms in total. The number of benzene rings is 2. The zero-order valence-corrected chi connectivity index (χ0v) is 16.1. The van der Waals surface area contributed by atoms with Gasteiger partial charge in [-0.2, -0.15) is 0 Å². The van der Waals surface area contributed by atoms with E-state index in [1.165, 1.54) is 0 Å². The first-order valence-electron chi connectivity index (χ1n) is 8.98. The number of carbonyl (C=O) groups is 1. The Morgan fingerprint density at radius 3 is 2.71 bits per heavy atom. The van der Waals surface area contributed by atoms with Gasteiger partial charge in [-0.1, -0.05) is 11.6 Å². The largest absolute Gasteiger partial charge is 0.497 e. The van der Waals surface area contributed by atoms with Crippen molar-refractivity contribution in [2.75, 3.05) is 13.7 Å². The average Bonchev–Trinajstić information content (AvgIpc) is 3.16. The molecule has 0 spiro atoms. The van der Waals surface area contributed by atoms with Gasteiger partial charge in [0.1, 0.15) is 18.2 Å². The molecule has 1 unspecified atom stereocenters. The maximum Gasteiger partial charge on any atom is 0.251 e. The number of amides is 1. The quantitative estimate of drug-likeness (QED) is 0.715. The van der Waals surface area contributed by atoms with Crippen LogP contribution in [0.1, 0.15) is 16.2 Å². The molecule has 0 bridgehead atoms. The summed E-state index contributed by atoms with van der Waals surface area (Å²) in [4.78, 5) is 16.9. The number of ether oxygens (including phenoxy) is 2. The number of methoxy groups -OCH3 is 1. The standard InChI is InChI=1S/C21H20ClN3O3/c1-27-17-8-4-14(5-9-17)19-12-25-11-18(28-13-20(25)24-19)10-23-21(26)15-2-6-16(22)7-3-15/h2-9,12,18H,10-11,13H2,1H3,(H,23,26). The molecule has 1 aliphatic rings. The van der Waals surface area contributed by atoms with E-state index in [1.807, 2.05) is 30.5 Å². The number of hydrogen-bond acceptors (Lipinski definition) is 4. The van der Waals surface area contributed by atoms with Crippen LogP contribution in [0.2, 0.25) is 5.02 Å². The summed E-state index contributed by atoms with van der Waals surface area (Å²) in [5.74, 6) is 1.55. The SMILES string of the molecule is COc1ccc(-c2cn3c(n2)COC(CNC(=O)c2ccc(Cl)cc2)C3)cc1. The molecule has 0 radical (unpaired) electrons. The molecule has 144 valence electrons. The number of carbonyl (C=O) groups excluding carboxylic acids is 1. The second kappa shape index (κ2) is 8.04. The van der Waals surface area contributed by atoms with Gasteiger partial charge in [-0.25, -0.2) is 4.98 Å². The Bertz CT molecular complexity index is 968. The van der Waals surface area contributed by atoms with Gasteiger partial charge in [0.2, 0.25) is 0 Å². The van der Waals surface area contributed by atoms with E-state index in [0.717, 1.165) is 22.8 Å². The summed E-state index contributed by atoms with van der Waals surface area (Å²) in [7, 11) is 1.65. The van der Waals surface area contributed by atoms with E-state index in [9.17, 15) is 4.79 Å². The fraction of sp³-hybridized carbons (Fsp3) is 0.238. The molecule has 1 atom stereocenters. The van der Waals surface area contributed by atoms with Crippen LogP contribution in [0.15, 0.2) is 54.7 Å². The summed E-state index contributed by atoms with van der Waals surface area (Å²) in [6, 6.07) is 14.6. The topological polar surface area (TPSA) is 65.4 Å². The van der Waals surface area contributed by atoms with Crippen LogP contribution in [-0.4, -0.2) is 35.2 Å². The molecule has 1 amide bonds. The maximum atomic E-state index is 12.2. The summed E-state index contributed by atoms with van der Waals surface area (Å²) in [6.07, 6.45) is 1.91. The summed E-state index contributed by atoms with van der Waals surface area (Å²) in [6.45, 7) is 1.48. The lowest BCUT2D eigenvalue weighted by Crippen LogP contribution is -2.38. The summed E-state index contributed by atoms with van der Waals surface area (Å²) >= 11 is 5.86. The van der Waals surface area contributed by atoms with Gasteiger partial charge in [-0.05, 0) is 48.5 Å². The van der Waals surface area contributed by atoms with Gasteiger partial charge in [-0.15, -0.1) is 0 Å². The highest BCUT2D eigenvalue weighted by Crippen LogP contribution is 2.24. The molecule has 2 aromatic carbocycles. The van der Waals surface area contributed by atoms with Crippen molar-refractivity contribution in [2.45, 2.75) is 19.3 Å². The number of aromatic nitrogens is 2. The normalized spacial score (nSPS) is 15.7. The van der Waals surface area contributed by atoms with Crippen LogP contribution in [-0.2, 0) is 17.9 Å².